The van der Waals surface area contributed by atoms with Crippen LogP contribution < -0.4 is 10.7 Å². The molecule has 0 aliphatic carbocycles. The first-order valence-corrected chi connectivity index (χ1v) is 6.27. The van der Waals surface area contributed by atoms with Crippen molar-refractivity contribution in [3.63, 3.8) is 0 Å². The Balaban J connectivity index is 1.94. The lowest BCUT2D eigenvalue weighted by Gasteiger charge is -2.03. The second-order valence-corrected chi connectivity index (χ2v) is 4.21. The van der Waals surface area contributed by atoms with Crippen LogP contribution >= 0.6 is 0 Å². The largest absolute Gasteiger partial charge is 0.326 e. The number of hydrogen-bond donors (Lipinski definition) is 2. The Kier molecular flexibility index (Phi) is 4.76. The van der Waals surface area contributed by atoms with Gasteiger partial charge in [0.2, 0.25) is 5.91 Å². The van der Waals surface area contributed by atoms with Gasteiger partial charge in [0.15, 0.2) is 0 Å². The lowest BCUT2D eigenvalue weighted by Crippen LogP contribution is -2.17. The molecular weight excluding hydrogens is 268 g/mol. The van der Waals surface area contributed by atoms with E-state index in [1.54, 1.807) is 42.6 Å². The van der Waals surface area contributed by atoms with Crippen molar-refractivity contribution >= 4 is 23.7 Å². The molecular formula is C15H14N4O2. The van der Waals surface area contributed by atoms with Crippen molar-refractivity contribution in [1.29, 1.82) is 0 Å². The summed E-state index contributed by atoms with van der Waals surface area (Å²) in [5, 5.41) is 6.46. The zero-order chi connectivity index (χ0) is 15.1. The molecule has 6 nitrogen and oxygen atoms in total. The van der Waals surface area contributed by atoms with Crippen LogP contribution in [-0.2, 0) is 4.79 Å². The minimum atomic E-state index is -0.337. The van der Waals surface area contributed by atoms with Crippen molar-refractivity contribution in [2.45, 2.75) is 6.92 Å². The van der Waals surface area contributed by atoms with Gasteiger partial charge in [-0.1, -0.05) is 6.07 Å². The summed E-state index contributed by atoms with van der Waals surface area (Å²) in [5.41, 5.74) is 4.14. The predicted molar refractivity (Wildman–Crippen MR) is 80.0 cm³/mol. The van der Waals surface area contributed by atoms with Gasteiger partial charge in [-0.2, -0.15) is 5.10 Å². The van der Waals surface area contributed by atoms with Gasteiger partial charge in [0.1, 0.15) is 0 Å². The quantitative estimate of drug-likeness (QED) is 0.662. The maximum absolute atomic E-state index is 11.8. The van der Waals surface area contributed by atoms with Crippen molar-refractivity contribution in [1.82, 2.24) is 10.4 Å². The summed E-state index contributed by atoms with van der Waals surface area (Å²) in [7, 11) is 0. The van der Waals surface area contributed by atoms with Crippen LogP contribution in [0.25, 0.3) is 0 Å². The molecule has 1 heterocycles. The molecule has 2 N–H and O–H groups in total. The summed E-state index contributed by atoms with van der Waals surface area (Å²) in [5.74, 6) is -0.497. The lowest BCUT2D eigenvalue weighted by atomic mass is 10.2. The highest BCUT2D eigenvalue weighted by Crippen LogP contribution is 2.09. The Morgan fingerprint density at radius 1 is 1.14 bits per heavy atom. The number of aromatic nitrogens is 1. The summed E-state index contributed by atoms with van der Waals surface area (Å²) >= 11 is 0. The van der Waals surface area contributed by atoms with Gasteiger partial charge in [-0.3, -0.25) is 14.6 Å². The molecule has 0 saturated carbocycles. The summed E-state index contributed by atoms with van der Waals surface area (Å²) in [6.07, 6.45) is 3.10. The maximum Gasteiger partial charge on any atom is 0.271 e. The molecule has 0 aliphatic heterocycles. The van der Waals surface area contributed by atoms with Crippen LogP contribution in [0.3, 0.4) is 0 Å². The Hall–Kier alpha value is -3.02. The molecule has 6 heteroatoms. The molecule has 0 radical (unpaired) electrons. The van der Waals surface area contributed by atoms with E-state index < -0.39 is 0 Å². The average molecular weight is 282 g/mol. The second kappa shape index (κ2) is 6.95. The highest BCUT2D eigenvalue weighted by molar-refractivity contribution is 5.95. The summed E-state index contributed by atoms with van der Waals surface area (Å²) in [6.45, 7) is 1.42. The van der Waals surface area contributed by atoms with Crippen LogP contribution in [0.4, 0.5) is 5.69 Å². The lowest BCUT2D eigenvalue weighted by molar-refractivity contribution is -0.114. The third-order valence-corrected chi connectivity index (χ3v) is 2.52. The van der Waals surface area contributed by atoms with Gasteiger partial charge in [0.05, 0.1) is 11.9 Å². The zero-order valence-corrected chi connectivity index (χ0v) is 11.4. The van der Waals surface area contributed by atoms with E-state index in [0.29, 0.717) is 16.9 Å². The molecule has 106 valence electrons. The first kappa shape index (κ1) is 14.4. The molecule has 0 unspecified atom stereocenters. The van der Waals surface area contributed by atoms with Crippen molar-refractivity contribution in [2.75, 3.05) is 5.32 Å². The molecule has 1 aromatic heterocycles. The van der Waals surface area contributed by atoms with Gasteiger partial charge in [0.25, 0.3) is 5.91 Å². The molecule has 21 heavy (non-hydrogen) atoms. The van der Waals surface area contributed by atoms with Crippen molar-refractivity contribution in [3.8, 4) is 0 Å². The number of amides is 2. The zero-order valence-electron chi connectivity index (χ0n) is 11.4. The number of nitrogens with one attached hydrogen (secondary N) is 2. The number of benzene rings is 1. The molecule has 1 aromatic carbocycles. The van der Waals surface area contributed by atoms with E-state index in [4.69, 9.17) is 0 Å². The van der Waals surface area contributed by atoms with Gasteiger partial charge in [0, 0.05) is 24.4 Å². The first-order chi connectivity index (χ1) is 10.1. The molecule has 2 aromatic rings. The highest BCUT2D eigenvalue weighted by atomic mass is 16.2. The minimum Gasteiger partial charge on any atom is -0.326 e. The minimum absolute atomic E-state index is 0.160. The number of hydrazone groups is 1. The van der Waals surface area contributed by atoms with E-state index in [1.807, 2.05) is 6.07 Å². The summed E-state index contributed by atoms with van der Waals surface area (Å²) < 4.78 is 0. The third kappa shape index (κ3) is 4.54. The monoisotopic (exact) mass is 282 g/mol. The van der Waals surface area contributed by atoms with Crippen molar-refractivity contribution in [2.24, 2.45) is 5.10 Å². The second-order valence-electron chi connectivity index (χ2n) is 4.21. The highest BCUT2D eigenvalue weighted by Gasteiger charge is 2.04. The van der Waals surface area contributed by atoms with Crippen molar-refractivity contribution < 1.29 is 9.59 Å². The fourth-order valence-corrected chi connectivity index (χ4v) is 1.58. The Labute approximate surface area is 121 Å². The number of nitrogens with zero attached hydrogens (tertiary/aromatic N) is 2. The van der Waals surface area contributed by atoms with E-state index >= 15 is 0 Å². The predicted octanol–water partition coefficient (Wildman–Crippen LogP) is 1.80. The molecule has 2 rings (SSSR count). The van der Waals surface area contributed by atoms with Crippen LogP contribution in [0.15, 0.2) is 53.8 Å². The van der Waals surface area contributed by atoms with Gasteiger partial charge in [-0.05, 0) is 36.4 Å². The van der Waals surface area contributed by atoms with E-state index in [-0.39, 0.29) is 11.8 Å². The van der Waals surface area contributed by atoms with E-state index in [0.717, 1.165) is 0 Å². The van der Waals surface area contributed by atoms with E-state index in [2.05, 4.69) is 20.8 Å². The van der Waals surface area contributed by atoms with Gasteiger partial charge in [-0.15, -0.1) is 0 Å². The first-order valence-electron chi connectivity index (χ1n) is 6.27. The average Bonchev–Trinajstić information content (AvgIpc) is 2.48. The summed E-state index contributed by atoms with van der Waals surface area (Å²) in [4.78, 5) is 26.8. The maximum atomic E-state index is 11.8. The van der Waals surface area contributed by atoms with Gasteiger partial charge < -0.3 is 5.32 Å². The smallest absolute Gasteiger partial charge is 0.271 e. The number of carbonyl (C=O) groups excluding carboxylic acids is 2. The molecule has 0 saturated heterocycles. The molecule has 2 amide bonds. The normalized spacial score (nSPS) is 10.3. The third-order valence-electron chi connectivity index (χ3n) is 2.52. The number of anilines is 1. The summed E-state index contributed by atoms with van der Waals surface area (Å²) in [6, 6.07) is 11.9. The Morgan fingerprint density at radius 2 is 1.90 bits per heavy atom. The Bertz CT molecular complexity index is 651. The van der Waals surface area contributed by atoms with Crippen LogP contribution in [0.1, 0.15) is 23.0 Å². The van der Waals surface area contributed by atoms with E-state index in [1.165, 1.54) is 13.1 Å². The fourth-order valence-electron chi connectivity index (χ4n) is 1.58. The number of carbonyl (C=O) groups is 2. The standard InChI is InChI=1S/C15H14N4O2/c1-11(20)18-13-7-5-12(6-8-13)15(21)19-17-10-14-4-2-3-9-16-14/h2-10H,1H3,(H,18,20)(H,19,21)/b17-10+. The van der Waals surface area contributed by atoms with Crippen LogP contribution in [0.5, 0.6) is 0 Å². The Morgan fingerprint density at radius 3 is 2.52 bits per heavy atom. The van der Waals surface area contributed by atoms with Crippen molar-refractivity contribution in [3.05, 3.63) is 59.9 Å². The molecule has 0 atom stereocenters. The van der Waals surface area contributed by atoms with Crippen LogP contribution in [0.2, 0.25) is 0 Å². The van der Waals surface area contributed by atoms with Gasteiger partial charge >= 0.3 is 0 Å². The molecule has 0 fully saturated rings. The van der Waals surface area contributed by atoms with Crippen LogP contribution in [0, 0.1) is 0 Å². The number of pyridine rings is 1. The number of rotatable bonds is 4. The molecule has 0 spiro atoms. The van der Waals surface area contributed by atoms with Crippen LogP contribution in [-0.4, -0.2) is 23.0 Å². The molecule has 0 aliphatic rings. The molecule has 0 bridgehead atoms. The number of hydrogen-bond acceptors (Lipinski definition) is 4. The SMILES string of the molecule is CC(=O)Nc1ccc(C(=O)N/N=C/c2ccccn2)cc1. The van der Waals surface area contributed by atoms with Gasteiger partial charge in [-0.25, -0.2) is 5.43 Å². The fraction of sp³-hybridized carbons (Fsp3) is 0.0667. The van der Waals surface area contributed by atoms with E-state index in [9.17, 15) is 9.59 Å². The topological polar surface area (TPSA) is 83.5 Å².